The minimum Gasteiger partial charge on any atom is -0.504 e. The molecule has 4 nitrogen and oxygen atoms in total. The smallest absolute Gasteiger partial charge is 0.224 e. The lowest BCUT2D eigenvalue weighted by Crippen LogP contribution is -2.09. The molecule has 14 heavy (non-hydrogen) atoms. The number of ether oxygens (including phenoxy) is 1. The van der Waals surface area contributed by atoms with Gasteiger partial charge in [-0.2, -0.15) is 0 Å². The Bertz CT molecular complexity index is 336. The molecule has 0 spiro atoms. The molecule has 0 heterocycles. The van der Waals surface area contributed by atoms with Crippen molar-refractivity contribution in [2.75, 3.05) is 12.4 Å². The van der Waals surface area contributed by atoms with E-state index in [9.17, 15) is 9.90 Å². The number of benzene rings is 1. The molecule has 0 unspecified atom stereocenters. The van der Waals surface area contributed by atoms with Gasteiger partial charge >= 0.3 is 0 Å². The van der Waals surface area contributed by atoms with Gasteiger partial charge in [0.2, 0.25) is 5.91 Å². The number of hydrogen-bond acceptors (Lipinski definition) is 3. The molecule has 0 aromatic heterocycles. The fraction of sp³-hybridized carbons (Fsp3) is 0.300. The maximum Gasteiger partial charge on any atom is 0.224 e. The van der Waals surface area contributed by atoms with Crippen molar-refractivity contribution in [1.82, 2.24) is 0 Å². The van der Waals surface area contributed by atoms with Gasteiger partial charge in [0.1, 0.15) is 0 Å². The number of hydrogen-bond donors (Lipinski definition) is 2. The van der Waals surface area contributed by atoms with Crippen LogP contribution in [0.1, 0.15) is 13.3 Å². The number of aromatic hydroxyl groups is 1. The molecular formula is C10H13NO3. The van der Waals surface area contributed by atoms with Crippen LogP contribution in [0.2, 0.25) is 0 Å². The summed E-state index contributed by atoms with van der Waals surface area (Å²) in [5.41, 5.74) is 0.565. The van der Waals surface area contributed by atoms with Gasteiger partial charge in [-0.15, -0.1) is 0 Å². The number of carbonyl (C=O) groups excluding carboxylic acids is 1. The lowest BCUT2D eigenvalue weighted by molar-refractivity contribution is -0.115. The van der Waals surface area contributed by atoms with Crippen molar-refractivity contribution in [1.29, 1.82) is 0 Å². The van der Waals surface area contributed by atoms with Gasteiger partial charge in [0.05, 0.1) is 7.11 Å². The van der Waals surface area contributed by atoms with Gasteiger partial charge in [-0.25, -0.2) is 0 Å². The van der Waals surface area contributed by atoms with E-state index in [1.807, 2.05) is 0 Å². The highest BCUT2D eigenvalue weighted by molar-refractivity contribution is 5.90. The second kappa shape index (κ2) is 4.50. The number of phenols is 1. The lowest BCUT2D eigenvalue weighted by Gasteiger charge is -2.06. The van der Waals surface area contributed by atoms with Crippen LogP contribution < -0.4 is 10.1 Å². The van der Waals surface area contributed by atoms with Crippen LogP contribution in [0.4, 0.5) is 5.69 Å². The zero-order valence-electron chi connectivity index (χ0n) is 8.20. The summed E-state index contributed by atoms with van der Waals surface area (Å²) in [5.74, 6) is 0.315. The third-order valence-electron chi connectivity index (χ3n) is 1.78. The highest BCUT2D eigenvalue weighted by Gasteiger charge is 2.03. The Morgan fingerprint density at radius 2 is 2.29 bits per heavy atom. The van der Waals surface area contributed by atoms with E-state index in [2.05, 4.69) is 5.32 Å². The Balaban J connectivity index is 2.81. The van der Waals surface area contributed by atoms with Crippen molar-refractivity contribution < 1.29 is 14.6 Å². The lowest BCUT2D eigenvalue weighted by atomic mass is 10.2. The van der Waals surface area contributed by atoms with Crippen LogP contribution >= 0.6 is 0 Å². The van der Waals surface area contributed by atoms with Crippen LogP contribution in [-0.2, 0) is 4.79 Å². The number of carbonyl (C=O) groups is 1. The topological polar surface area (TPSA) is 58.6 Å². The van der Waals surface area contributed by atoms with Crippen molar-refractivity contribution in [3.63, 3.8) is 0 Å². The summed E-state index contributed by atoms with van der Waals surface area (Å²) in [6.45, 7) is 1.76. The van der Waals surface area contributed by atoms with Crippen molar-refractivity contribution in [2.24, 2.45) is 0 Å². The first-order valence-electron chi connectivity index (χ1n) is 4.34. The Kier molecular flexibility index (Phi) is 3.34. The monoisotopic (exact) mass is 195 g/mol. The van der Waals surface area contributed by atoms with Crippen molar-refractivity contribution in [3.05, 3.63) is 18.2 Å². The number of phenolic OH excluding ortho intramolecular Hbond substituents is 1. The first-order valence-corrected chi connectivity index (χ1v) is 4.34. The number of rotatable bonds is 3. The second-order valence-electron chi connectivity index (χ2n) is 2.79. The highest BCUT2D eigenvalue weighted by atomic mass is 16.5. The van der Waals surface area contributed by atoms with Crippen LogP contribution in [0.5, 0.6) is 11.5 Å². The van der Waals surface area contributed by atoms with E-state index < -0.39 is 0 Å². The minimum atomic E-state index is -0.0884. The normalized spacial score (nSPS) is 9.57. The molecule has 0 aliphatic heterocycles. The van der Waals surface area contributed by atoms with Crippen molar-refractivity contribution in [3.8, 4) is 11.5 Å². The van der Waals surface area contributed by atoms with E-state index >= 15 is 0 Å². The summed E-state index contributed by atoms with van der Waals surface area (Å²) >= 11 is 0. The zero-order chi connectivity index (χ0) is 10.6. The molecule has 0 bridgehead atoms. The molecule has 0 aliphatic rings. The summed E-state index contributed by atoms with van der Waals surface area (Å²) in [6, 6.07) is 4.72. The minimum absolute atomic E-state index is 0.0152. The standard InChI is InChI=1S/C10H13NO3/c1-3-10(13)11-7-4-5-9(14-2)8(12)6-7/h4-6,12H,3H2,1-2H3,(H,11,13). The van der Waals surface area contributed by atoms with Crippen LogP contribution in [0.15, 0.2) is 18.2 Å². The van der Waals surface area contributed by atoms with Gasteiger partial charge in [-0.1, -0.05) is 6.92 Å². The molecular weight excluding hydrogens is 182 g/mol. The molecule has 0 radical (unpaired) electrons. The molecule has 0 saturated heterocycles. The molecule has 1 aromatic carbocycles. The molecule has 0 saturated carbocycles. The van der Waals surface area contributed by atoms with Gasteiger partial charge in [-0.3, -0.25) is 4.79 Å². The van der Waals surface area contributed by atoms with E-state index in [0.29, 0.717) is 17.9 Å². The predicted molar refractivity (Wildman–Crippen MR) is 53.6 cm³/mol. The number of amides is 1. The third kappa shape index (κ3) is 2.39. The average molecular weight is 195 g/mol. The van der Waals surface area contributed by atoms with Gasteiger partial charge in [-0.05, 0) is 12.1 Å². The van der Waals surface area contributed by atoms with Crippen molar-refractivity contribution >= 4 is 11.6 Å². The summed E-state index contributed by atoms with van der Waals surface area (Å²) in [7, 11) is 1.47. The van der Waals surface area contributed by atoms with Crippen LogP contribution in [0.3, 0.4) is 0 Å². The van der Waals surface area contributed by atoms with Crippen molar-refractivity contribution in [2.45, 2.75) is 13.3 Å². The quantitative estimate of drug-likeness (QED) is 0.772. The summed E-state index contributed by atoms with van der Waals surface area (Å²) < 4.78 is 4.87. The predicted octanol–water partition coefficient (Wildman–Crippen LogP) is 1.75. The van der Waals surface area contributed by atoms with Gasteiger partial charge < -0.3 is 15.2 Å². The van der Waals surface area contributed by atoms with E-state index in [4.69, 9.17) is 4.74 Å². The largest absolute Gasteiger partial charge is 0.504 e. The molecule has 1 rings (SSSR count). The second-order valence-corrected chi connectivity index (χ2v) is 2.79. The van der Waals surface area contributed by atoms with E-state index in [1.165, 1.54) is 13.2 Å². The average Bonchev–Trinajstić information content (AvgIpc) is 2.18. The van der Waals surface area contributed by atoms with E-state index in [1.54, 1.807) is 19.1 Å². The molecule has 1 aromatic rings. The van der Waals surface area contributed by atoms with E-state index in [-0.39, 0.29) is 11.7 Å². The Hall–Kier alpha value is -1.71. The molecule has 2 N–H and O–H groups in total. The van der Waals surface area contributed by atoms with Crippen LogP contribution in [0.25, 0.3) is 0 Å². The molecule has 0 fully saturated rings. The first-order chi connectivity index (χ1) is 6.67. The fourth-order valence-electron chi connectivity index (χ4n) is 1.02. The Morgan fingerprint density at radius 1 is 1.57 bits per heavy atom. The fourth-order valence-corrected chi connectivity index (χ4v) is 1.02. The highest BCUT2D eigenvalue weighted by Crippen LogP contribution is 2.28. The molecule has 4 heteroatoms. The maximum atomic E-state index is 11.0. The Labute approximate surface area is 82.5 Å². The SMILES string of the molecule is CCC(=O)Nc1ccc(OC)c(O)c1. The summed E-state index contributed by atoms with van der Waals surface area (Å²) in [6.07, 6.45) is 0.410. The van der Waals surface area contributed by atoms with Gasteiger partial charge in [0.15, 0.2) is 11.5 Å². The van der Waals surface area contributed by atoms with Gasteiger partial charge in [0.25, 0.3) is 0 Å². The molecule has 0 atom stereocenters. The summed E-state index contributed by atoms with van der Waals surface area (Å²) in [5, 5.41) is 12.0. The van der Waals surface area contributed by atoms with E-state index in [0.717, 1.165) is 0 Å². The van der Waals surface area contributed by atoms with Gasteiger partial charge in [0, 0.05) is 18.2 Å². The molecule has 1 amide bonds. The number of nitrogens with one attached hydrogen (secondary N) is 1. The molecule has 0 aliphatic carbocycles. The Morgan fingerprint density at radius 3 is 2.79 bits per heavy atom. The molecule has 76 valence electrons. The van der Waals surface area contributed by atoms with Crippen LogP contribution in [-0.4, -0.2) is 18.1 Å². The number of anilines is 1. The number of methoxy groups -OCH3 is 1. The van der Waals surface area contributed by atoms with Crippen LogP contribution in [0, 0.1) is 0 Å². The summed E-state index contributed by atoms with van der Waals surface area (Å²) in [4.78, 5) is 11.0. The first kappa shape index (κ1) is 10.4. The maximum absolute atomic E-state index is 11.0. The third-order valence-corrected chi connectivity index (χ3v) is 1.78. The zero-order valence-corrected chi connectivity index (χ0v) is 8.20.